The molecule has 1 aliphatic heterocycles. The predicted octanol–water partition coefficient (Wildman–Crippen LogP) is 3.46. The van der Waals surface area contributed by atoms with Gasteiger partial charge in [0.1, 0.15) is 10.2 Å². The van der Waals surface area contributed by atoms with Crippen molar-refractivity contribution < 1.29 is 0 Å². The average Bonchev–Trinajstić information content (AvgIpc) is 2.93. The molecule has 2 aromatic heterocycles. The largest absolute Gasteiger partial charge is 0.341 e. The van der Waals surface area contributed by atoms with Crippen LogP contribution >= 0.6 is 27.3 Å². The van der Waals surface area contributed by atoms with E-state index in [4.69, 9.17) is 10.7 Å². The fourth-order valence-electron chi connectivity index (χ4n) is 3.64. The summed E-state index contributed by atoms with van der Waals surface area (Å²) in [5.41, 5.74) is 8.25. The van der Waals surface area contributed by atoms with E-state index in [1.54, 1.807) is 10.6 Å². The molecule has 0 radical (unpaired) electrons. The highest BCUT2D eigenvalue weighted by molar-refractivity contribution is 9.10. The van der Waals surface area contributed by atoms with Crippen molar-refractivity contribution >= 4 is 43.4 Å². The van der Waals surface area contributed by atoms with Crippen molar-refractivity contribution in [2.45, 2.75) is 31.8 Å². The average molecular weight is 458 g/mol. The van der Waals surface area contributed by atoms with E-state index in [0.717, 1.165) is 35.8 Å². The minimum absolute atomic E-state index is 0.0564. The molecule has 3 aromatic rings. The first-order valence-electron chi connectivity index (χ1n) is 9.24. The molecule has 28 heavy (non-hydrogen) atoms. The van der Waals surface area contributed by atoms with Gasteiger partial charge < -0.3 is 10.6 Å². The monoisotopic (exact) mass is 457 g/mol. The van der Waals surface area contributed by atoms with Crippen LogP contribution < -0.4 is 16.2 Å². The summed E-state index contributed by atoms with van der Waals surface area (Å²) in [6, 6.07) is 9.65. The van der Waals surface area contributed by atoms with E-state index in [1.807, 2.05) is 23.6 Å². The Hall–Kier alpha value is -2.21. The standard InChI is InChI=1S/C20H20BrN5OS/c21-16-12-28-18-17(16)24-20(25-8-4-3-7-15(23)11-25)26(19(18)27)10-14-6-2-1-5-13(14)9-22/h1-2,5-6,12,15H,3-4,7-8,10-11,23H2. The van der Waals surface area contributed by atoms with Crippen LogP contribution in [0.25, 0.3) is 10.2 Å². The van der Waals surface area contributed by atoms with E-state index < -0.39 is 0 Å². The van der Waals surface area contributed by atoms with Crippen molar-refractivity contribution in [3.8, 4) is 6.07 Å². The minimum Gasteiger partial charge on any atom is -0.341 e. The second kappa shape index (κ2) is 8.03. The molecule has 1 aliphatic rings. The SMILES string of the molecule is N#Cc1ccccc1Cn1c(N2CCCCC(N)C2)nc2c(Br)csc2c1=O. The number of hydrogen-bond acceptors (Lipinski definition) is 6. The Labute approximate surface area is 175 Å². The second-order valence-corrected chi connectivity index (χ2v) is 8.77. The van der Waals surface area contributed by atoms with Crippen LogP contribution in [-0.4, -0.2) is 28.7 Å². The van der Waals surface area contributed by atoms with Crippen LogP contribution in [0, 0.1) is 11.3 Å². The topological polar surface area (TPSA) is 87.9 Å². The first kappa shape index (κ1) is 19.1. The summed E-state index contributed by atoms with van der Waals surface area (Å²) in [6.07, 6.45) is 3.06. The van der Waals surface area contributed by atoms with Crippen molar-refractivity contribution in [3.05, 3.63) is 55.6 Å². The molecule has 3 heterocycles. The van der Waals surface area contributed by atoms with Gasteiger partial charge in [0, 0.05) is 24.5 Å². The molecule has 4 rings (SSSR count). The summed E-state index contributed by atoms with van der Waals surface area (Å²) in [4.78, 5) is 20.3. The number of anilines is 1. The van der Waals surface area contributed by atoms with Crippen molar-refractivity contribution in [2.75, 3.05) is 18.0 Å². The van der Waals surface area contributed by atoms with E-state index in [0.29, 0.717) is 34.8 Å². The van der Waals surface area contributed by atoms with E-state index in [-0.39, 0.29) is 11.6 Å². The number of fused-ring (bicyclic) bond motifs is 1. The van der Waals surface area contributed by atoms with Gasteiger partial charge in [0.15, 0.2) is 0 Å². The number of nitrogens with zero attached hydrogens (tertiary/aromatic N) is 4. The number of aromatic nitrogens is 2. The highest BCUT2D eigenvalue weighted by Crippen LogP contribution is 2.29. The van der Waals surface area contributed by atoms with Crippen LogP contribution in [0.2, 0.25) is 0 Å². The Kier molecular flexibility index (Phi) is 5.49. The fourth-order valence-corrected chi connectivity index (χ4v) is 5.15. The van der Waals surface area contributed by atoms with Gasteiger partial charge in [-0.2, -0.15) is 5.26 Å². The Morgan fingerprint density at radius 2 is 2.18 bits per heavy atom. The minimum atomic E-state index is -0.0822. The summed E-state index contributed by atoms with van der Waals surface area (Å²) in [6.45, 7) is 1.79. The molecular weight excluding hydrogens is 438 g/mol. The van der Waals surface area contributed by atoms with Gasteiger partial charge in [-0.1, -0.05) is 24.6 Å². The quantitative estimate of drug-likeness (QED) is 0.650. The van der Waals surface area contributed by atoms with Crippen LogP contribution in [0.1, 0.15) is 30.4 Å². The van der Waals surface area contributed by atoms with Crippen molar-refractivity contribution in [1.82, 2.24) is 9.55 Å². The number of benzene rings is 1. The molecule has 144 valence electrons. The smallest absolute Gasteiger partial charge is 0.273 e. The van der Waals surface area contributed by atoms with E-state index in [1.165, 1.54) is 11.3 Å². The van der Waals surface area contributed by atoms with Crippen molar-refractivity contribution in [3.63, 3.8) is 0 Å². The van der Waals surface area contributed by atoms with Gasteiger partial charge in [-0.05, 0) is 40.4 Å². The van der Waals surface area contributed by atoms with Crippen molar-refractivity contribution in [2.24, 2.45) is 5.73 Å². The normalized spacial score (nSPS) is 17.5. The molecule has 0 spiro atoms. The van der Waals surface area contributed by atoms with Gasteiger partial charge in [-0.15, -0.1) is 11.3 Å². The highest BCUT2D eigenvalue weighted by atomic mass is 79.9. The summed E-state index contributed by atoms with van der Waals surface area (Å²) in [5, 5.41) is 11.3. The molecule has 1 aromatic carbocycles. The first-order valence-corrected chi connectivity index (χ1v) is 10.9. The molecule has 2 N–H and O–H groups in total. The second-order valence-electron chi connectivity index (χ2n) is 7.04. The van der Waals surface area contributed by atoms with E-state index in [2.05, 4.69) is 26.9 Å². The number of halogens is 1. The number of hydrogen-bond donors (Lipinski definition) is 1. The zero-order valence-electron chi connectivity index (χ0n) is 15.3. The first-order chi connectivity index (χ1) is 13.6. The van der Waals surface area contributed by atoms with Gasteiger partial charge in [0.2, 0.25) is 5.95 Å². The Morgan fingerprint density at radius 1 is 1.36 bits per heavy atom. The van der Waals surface area contributed by atoms with Gasteiger partial charge in [-0.3, -0.25) is 9.36 Å². The Bertz CT molecular complexity index is 1120. The lowest BCUT2D eigenvalue weighted by molar-refractivity contribution is 0.610. The maximum absolute atomic E-state index is 13.3. The van der Waals surface area contributed by atoms with Gasteiger partial charge in [-0.25, -0.2) is 4.98 Å². The number of thiophene rings is 1. The molecule has 0 amide bonds. The molecular formula is C20H20BrN5OS. The maximum atomic E-state index is 13.3. The fraction of sp³-hybridized carbons (Fsp3) is 0.350. The lowest BCUT2D eigenvalue weighted by Gasteiger charge is -2.26. The molecule has 0 aliphatic carbocycles. The molecule has 0 saturated carbocycles. The van der Waals surface area contributed by atoms with Gasteiger partial charge in [0.05, 0.1) is 22.7 Å². The highest BCUT2D eigenvalue weighted by Gasteiger charge is 2.23. The molecule has 1 unspecified atom stereocenters. The zero-order chi connectivity index (χ0) is 19.7. The zero-order valence-corrected chi connectivity index (χ0v) is 17.7. The van der Waals surface area contributed by atoms with Gasteiger partial charge in [0.25, 0.3) is 5.56 Å². The van der Waals surface area contributed by atoms with Crippen LogP contribution in [0.5, 0.6) is 0 Å². The van der Waals surface area contributed by atoms with Crippen molar-refractivity contribution in [1.29, 1.82) is 5.26 Å². The third kappa shape index (κ3) is 3.58. The number of nitriles is 1. The molecule has 0 bridgehead atoms. The Morgan fingerprint density at radius 3 is 3.00 bits per heavy atom. The Balaban J connectivity index is 1.89. The summed E-state index contributed by atoms with van der Waals surface area (Å²) >= 11 is 4.90. The van der Waals surface area contributed by atoms with E-state index in [9.17, 15) is 10.1 Å². The molecule has 1 saturated heterocycles. The van der Waals surface area contributed by atoms with Crippen LogP contribution in [0.15, 0.2) is 38.9 Å². The number of nitrogens with two attached hydrogens (primary N) is 1. The molecule has 6 nitrogen and oxygen atoms in total. The van der Waals surface area contributed by atoms with Crippen LogP contribution in [-0.2, 0) is 6.54 Å². The van der Waals surface area contributed by atoms with Gasteiger partial charge >= 0.3 is 0 Å². The third-order valence-corrected chi connectivity index (χ3v) is 6.94. The summed E-state index contributed by atoms with van der Waals surface area (Å²) in [5.74, 6) is 0.627. The lowest BCUT2D eigenvalue weighted by Crippen LogP contribution is -2.40. The lowest BCUT2D eigenvalue weighted by atomic mass is 10.1. The van der Waals surface area contributed by atoms with E-state index >= 15 is 0 Å². The van der Waals surface area contributed by atoms with Crippen LogP contribution in [0.4, 0.5) is 5.95 Å². The molecule has 1 fully saturated rings. The summed E-state index contributed by atoms with van der Waals surface area (Å²) in [7, 11) is 0. The van der Waals surface area contributed by atoms with Crippen LogP contribution in [0.3, 0.4) is 0 Å². The summed E-state index contributed by atoms with van der Waals surface area (Å²) < 4.78 is 3.14. The molecule has 1 atom stereocenters. The third-order valence-electron chi connectivity index (χ3n) is 5.07. The number of rotatable bonds is 3. The predicted molar refractivity (Wildman–Crippen MR) is 116 cm³/mol. The molecule has 8 heteroatoms. The maximum Gasteiger partial charge on any atom is 0.273 e.